The number of hydrogen-bond donors (Lipinski definition) is 0. The minimum Gasteiger partial charge on any atom is -0.456 e. The maximum absolute atomic E-state index is 6.44. The highest BCUT2D eigenvalue weighted by Gasteiger charge is 2.25. The Hall–Kier alpha value is -7.30. The van der Waals surface area contributed by atoms with Gasteiger partial charge in [0.15, 0.2) is 5.82 Å². The molecule has 1 atom stereocenters. The van der Waals surface area contributed by atoms with Crippen LogP contribution in [0.1, 0.15) is 18.0 Å². The van der Waals surface area contributed by atoms with Gasteiger partial charge in [0.1, 0.15) is 11.2 Å². The Labute approximate surface area is 324 Å². The molecule has 0 saturated carbocycles. The molecular weight excluding hydrogens is 683 g/mol. The van der Waals surface area contributed by atoms with Crippen molar-refractivity contribution in [2.24, 2.45) is 0 Å². The van der Waals surface area contributed by atoms with Gasteiger partial charge in [-0.3, -0.25) is 0 Å². The van der Waals surface area contributed by atoms with E-state index in [0.29, 0.717) is 5.82 Å². The summed E-state index contributed by atoms with van der Waals surface area (Å²) in [7, 11) is 0. The van der Waals surface area contributed by atoms with Crippen molar-refractivity contribution in [2.45, 2.75) is 12.3 Å². The molecule has 3 heterocycles. The number of furan rings is 1. The summed E-state index contributed by atoms with van der Waals surface area (Å²) < 4.78 is 8.90. The van der Waals surface area contributed by atoms with Gasteiger partial charge in [0.2, 0.25) is 0 Å². The van der Waals surface area contributed by atoms with Crippen molar-refractivity contribution in [3.63, 3.8) is 0 Å². The quantitative estimate of drug-likeness (QED) is 0.172. The zero-order valence-electron chi connectivity index (χ0n) is 30.5. The van der Waals surface area contributed by atoms with Crippen LogP contribution in [0.3, 0.4) is 0 Å². The number of hydrogen-bond acceptors (Lipinski definition) is 3. The third-order valence-electron chi connectivity index (χ3n) is 11.1. The third kappa shape index (κ3) is 5.30. The van der Waals surface area contributed by atoms with Gasteiger partial charge in [0, 0.05) is 49.7 Å². The Bertz CT molecular complexity index is 3090. The van der Waals surface area contributed by atoms with Crippen LogP contribution >= 0.6 is 0 Å². The first-order valence-corrected chi connectivity index (χ1v) is 19.2. The van der Waals surface area contributed by atoms with Crippen LogP contribution in [0.5, 0.6) is 0 Å². The molecule has 1 aliphatic carbocycles. The van der Waals surface area contributed by atoms with E-state index in [1.165, 1.54) is 10.8 Å². The number of rotatable bonds is 6. The normalized spacial score (nSPS) is 14.0. The van der Waals surface area contributed by atoms with E-state index in [1.54, 1.807) is 0 Å². The van der Waals surface area contributed by atoms with Crippen molar-refractivity contribution in [1.82, 2.24) is 14.5 Å². The van der Waals surface area contributed by atoms with Gasteiger partial charge in [-0.05, 0) is 60.0 Å². The van der Waals surface area contributed by atoms with Crippen LogP contribution < -0.4 is 0 Å². The molecular formula is C52H35N3O. The summed E-state index contributed by atoms with van der Waals surface area (Å²) in [6.07, 6.45) is 9.60. The maximum atomic E-state index is 6.44. The predicted molar refractivity (Wildman–Crippen MR) is 231 cm³/mol. The Kier molecular flexibility index (Phi) is 7.59. The molecule has 0 amide bonds. The van der Waals surface area contributed by atoms with Crippen molar-refractivity contribution in [3.05, 3.63) is 200 Å². The van der Waals surface area contributed by atoms with Gasteiger partial charge in [0.05, 0.1) is 28.1 Å². The summed E-state index contributed by atoms with van der Waals surface area (Å²) in [6.45, 7) is 0. The zero-order valence-corrected chi connectivity index (χ0v) is 30.5. The Balaban J connectivity index is 1.26. The molecule has 1 unspecified atom stereocenters. The molecule has 0 bridgehead atoms. The maximum Gasteiger partial charge on any atom is 0.160 e. The second kappa shape index (κ2) is 13.2. The summed E-state index contributed by atoms with van der Waals surface area (Å²) in [4.78, 5) is 10.7. The average Bonchev–Trinajstić information content (AvgIpc) is 3.82. The van der Waals surface area contributed by atoms with E-state index < -0.39 is 0 Å². The van der Waals surface area contributed by atoms with E-state index in [4.69, 9.17) is 14.4 Å². The zero-order chi connectivity index (χ0) is 37.0. The molecule has 4 heteroatoms. The van der Waals surface area contributed by atoms with E-state index in [2.05, 4.69) is 187 Å². The smallest absolute Gasteiger partial charge is 0.160 e. The van der Waals surface area contributed by atoms with Crippen molar-refractivity contribution in [2.75, 3.05) is 0 Å². The van der Waals surface area contributed by atoms with Gasteiger partial charge in [-0.25, -0.2) is 9.97 Å². The molecule has 7 aromatic carbocycles. The van der Waals surface area contributed by atoms with E-state index >= 15 is 0 Å². The van der Waals surface area contributed by atoms with Crippen LogP contribution in [0.4, 0.5) is 0 Å². The fourth-order valence-corrected chi connectivity index (χ4v) is 8.54. The van der Waals surface area contributed by atoms with E-state index in [0.717, 1.165) is 89.8 Å². The number of nitrogens with zero attached hydrogens (tertiary/aromatic N) is 3. The van der Waals surface area contributed by atoms with Gasteiger partial charge in [-0.1, -0.05) is 152 Å². The first-order chi connectivity index (χ1) is 27.8. The second-order valence-corrected chi connectivity index (χ2v) is 14.5. The number of aromatic nitrogens is 3. The molecule has 3 aromatic heterocycles. The van der Waals surface area contributed by atoms with Crippen LogP contribution in [0, 0.1) is 0 Å². The molecule has 1 aliphatic rings. The van der Waals surface area contributed by atoms with E-state index in [1.807, 2.05) is 12.1 Å². The van der Waals surface area contributed by atoms with Crippen LogP contribution in [0.2, 0.25) is 0 Å². The third-order valence-corrected chi connectivity index (χ3v) is 11.1. The minimum absolute atomic E-state index is 0.166. The lowest BCUT2D eigenvalue weighted by atomic mass is 9.92. The first-order valence-electron chi connectivity index (χ1n) is 19.2. The molecule has 0 saturated heterocycles. The molecule has 0 aliphatic heterocycles. The monoisotopic (exact) mass is 717 g/mol. The molecule has 0 radical (unpaired) electrons. The number of para-hydroxylation sites is 2. The minimum atomic E-state index is 0.166. The number of allylic oxidation sites excluding steroid dienone is 4. The van der Waals surface area contributed by atoms with E-state index in [-0.39, 0.29) is 5.92 Å². The predicted octanol–water partition coefficient (Wildman–Crippen LogP) is 13.7. The highest BCUT2D eigenvalue weighted by Crippen LogP contribution is 2.46. The highest BCUT2D eigenvalue weighted by molar-refractivity contribution is 6.27. The fourth-order valence-electron chi connectivity index (χ4n) is 8.54. The van der Waals surface area contributed by atoms with Crippen molar-refractivity contribution >= 4 is 43.7 Å². The lowest BCUT2D eigenvalue weighted by molar-refractivity contribution is 0.669. The van der Waals surface area contributed by atoms with Gasteiger partial charge < -0.3 is 8.98 Å². The summed E-state index contributed by atoms with van der Waals surface area (Å²) in [5, 5.41) is 4.62. The molecule has 10 aromatic rings. The number of benzene rings is 7. The fraction of sp³-hybridized carbons (Fsp3) is 0.0385. The summed E-state index contributed by atoms with van der Waals surface area (Å²) >= 11 is 0. The SMILES string of the molecule is C1=CCC(c2cc(-c3ccccc3)nc(-c3cc(-c4ccccc4)c(-n4c5ccccc5c5c6c(ccc54)oc4ccccc46)c(-c4ccccc4)c3)n2)C=C1. The molecule has 264 valence electrons. The van der Waals surface area contributed by atoms with Crippen molar-refractivity contribution < 1.29 is 4.42 Å². The lowest BCUT2D eigenvalue weighted by Gasteiger charge is -2.21. The largest absolute Gasteiger partial charge is 0.456 e. The van der Waals surface area contributed by atoms with Gasteiger partial charge in [-0.15, -0.1) is 0 Å². The number of fused-ring (bicyclic) bond motifs is 7. The highest BCUT2D eigenvalue weighted by atomic mass is 16.3. The van der Waals surface area contributed by atoms with Crippen LogP contribution in [0.25, 0.3) is 94.3 Å². The summed E-state index contributed by atoms with van der Waals surface area (Å²) in [5.74, 6) is 0.873. The summed E-state index contributed by atoms with van der Waals surface area (Å²) in [5.41, 5.74) is 13.5. The van der Waals surface area contributed by atoms with Crippen LogP contribution in [-0.4, -0.2) is 14.5 Å². The Morgan fingerprint density at radius 2 is 1.14 bits per heavy atom. The van der Waals surface area contributed by atoms with Gasteiger partial charge >= 0.3 is 0 Å². The summed E-state index contributed by atoms with van der Waals surface area (Å²) in [6, 6.07) is 60.2. The molecule has 0 spiro atoms. The average molecular weight is 718 g/mol. The first kappa shape index (κ1) is 32.2. The van der Waals surface area contributed by atoms with Crippen molar-refractivity contribution in [3.8, 4) is 50.6 Å². The van der Waals surface area contributed by atoms with E-state index in [9.17, 15) is 0 Å². The van der Waals surface area contributed by atoms with Crippen LogP contribution in [-0.2, 0) is 0 Å². The van der Waals surface area contributed by atoms with Crippen LogP contribution in [0.15, 0.2) is 199 Å². The molecule has 0 N–H and O–H groups in total. The van der Waals surface area contributed by atoms with Crippen molar-refractivity contribution in [1.29, 1.82) is 0 Å². The topological polar surface area (TPSA) is 43.9 Å². The van der Waals surface area contributed by atoms with Gasteiger partial charge in [-0.2, -0.15) is 0 Å². The lowest BCUT2D eigenvalue weighted by Crippen LogP contribution is -2.05. The molecule has 56 heavy (non-hydrogen) atoms. The molecule has 11 rings (SSSR count). The molecule has 0 fully saturated rings. The second-order valence-electron chi connectivity index (χ2n) is 14.5. The molecule has 4 nitrogen and oxygen atoms in total. The van der Waals surface area contributed by atoms with Gasteiger partial charge in [0.25, 0.3) is 0 Å². The Morgan fingerprint density at radius 1 is 0.500 bits per heavy atom. The Morgan fingerprint density at radius 3 is 1.84 bits per heavy atom. The standard InChI is InChI=1S/C52H35N3O/c1-5-17-34(18-6-1)41-31-38(52-53-43(36-21-9-3-10-22-36)33-44(54-52)37-23-11-4-12-24-37)32-42(35-19-7-2-8-20-35)51(41)55-45-27-15-13-25-39(45)49-46(55)29-30-48-50(49)40-26-14-16-28-47(40)56-48/h1-23,25-33,37H,24H2.